The van der Waals surface area contributed by atoms with E-state index in [2.05, 4.69) is 9.71 Å². The summed E-state index contributed by atoms with van der Waals surface area (Å²) < 4.78 is 32.6. The normalized spacial score (nSPS) is 11.7. The van der Waals surface area contributed by atoms with Crippen molar-refractivity contribution in [3.63, 3.8) is 0 Å². The molecule has 3 aromatic heterocycles. The zero-order valence-corrected chi connectivity index (χ0v) is 13.6. The molecule has 1 N–H and O–H groups in total. The van der Waals surface area contributed by atoms with Gasteiger partial charge in [-0.15, -0.1) is 11.3 Å². The van der Waals surface area contributed by atoms with Crippen LogP contribution in [0.4, 0.5) is 0 Å². The van der Waals surface area contributed by atoms with E-state index in [9.17, 15) is 8.42 Å². The first-order chi connectivity index (χ1) is 10.5. The van der Waals surface area contributed by atoms with Gasteiger partial charge < -0.3 is 4.42 Å². The van der Waals surface area contributed by atoms with Crippen LogP contribution in [0.1, 0.15) is 5.56 Å². The van der Waals surface area contributed by atoms with Crippen LogP contribution < -0.4 is 4.72 Å². The number of pyridine rings is 1. The lowest BCUT2D eigenvalue weighted by Crippen LogP contribution is -2.22. The number of hydrogen-bond donors (Lipinski definition) is 1. The third kappa shape index (κ3) is 3.38. The molecule has 0 spiro atoms. The van der Waals surface area contributed by atoms with E-state index in [-0.39, 0.29) is 10.8 Å². The summed E-state index contributed by atoms with van der Waals surface area (Å²) in [6, 6.07) is 10.2. The number of hydrogen-bond acceptors (Lipinski definition) is 5. The Morgan fingerprint density at radius 1 is 1.23 bits per heavy atom. The molecule has 0 saturated carbocycles. The molecule has 3 rings (SSSR count). The summed E-state index contributed by atoms with van der Waals surface area (Å²) in [6.07, 6.45) is 3.19. The minimum Gasteiger partial charge on any atom is -0.463 e. The van der Waals surface area contributed by atoms with Crippen LogP contribution in [0.15, 0.2) is 57.5 Å². The largest absolute Gasteiger partial charge is 0.463 e. The van der Waals surface area contributed by atoms with Crippen molar-refractivity contribution < 1.29 is 12.8 Å². The highest BCUT2D eigenvalue weighted by Crippen LogP contribution is 2.25. The zero-order valence-electron chi connectivity index (χ0n) is 11.2. The van der Waals surface area contributed by atoms with Crippen molar-refractivity contribution in [2.24, 2.45) is 0 Å². The highest BCUT2D eigenvalue weighted by atomic mass is 35.5. The molecule has 0 amide bonds. The van der Waals surface area contributed by atoms with Gasteiger partial charge in [0.15, 0.2) is 5.76 Å². The molecule has 0 aliphatic heterocycles. The van der Waals surface area contributed by atoms with E-state index in [1.54, 1.807) is 36.7 Å². The molecule has 114 valence electrons. The van der Waals surface area contributed by atoms with Crippen molar-refractivity contribution >= 4 is 33.0 Å². The fourth-order valence-electron chi connectivity index (χ4n) is 1.79. The second kappa shape index (κ2) is 6.21. The maximum absolute atomic E-state index is 12.1. The number of nitrogens with one attached hydrogen (secondary N) is 1. The van der Waals surface area contributed by atoms with Crippen molar-refractivity contribution in [1.82, 2.24) is 9.71 Å². The predicted octanol–water partition coefficient (Wildman–Crippen LogP) is 3.54. The standard InChI is InChI=1S/C14H11ClN2O3S2/c15-13-5-6-14(21-13)22(18,19)17-9-10-3-4-11(16-8-10)12-2-1-7-20-12/h1-8,17H,9H2. The summed E-state index contributed by atoms with van der Waals surface area (Å²) in [6.45, 7) is 0.156. The van der Waals surface area contributed by atoms with Gasteiger partial charge in [0, 0.05) is 12.7 Å². The van der Waals surface area contributed by atoms with Gasteiger partial charge in [0.2, 0.25) is 10.0 Å². The Hall–Kier alpha value is -1.67. The fraction of sp³-hybridized carbons (Fsp3) is 0.0714. The van der Waals surface area contributed by atoms with Gasteiger partial charge in [0.1, 0.15) is 9.90 Å². The quantitative estimate of drug-likeness (QED) is 0.760. The first kappa shape index (κ1) is 15.2. The van der Waals surface area contributed by atoms with E-state index >= 15 is 0 Å². The summed E-state index contributed by atoms with van der Waals surface area (Å²) in [7, 11) is -3.55. The van der Waals surface area contributed by atoms with Gasteiger partial charge in [-0.3, -0.25) is 4.98 Å². The van der Waals surface area contributed by atoms with Crippen molar-refractivity contribution in [1.29, 1.82) is 0 Å². The minimum absolute atomic E-state index is 0.156. The Balaban J connectivity index is 1.69. The molecular weight excluding hydrogens is 344 g/mol. The monoisotopic (exact) mass is 354 g/mol. The maximum Gasteiger partial charge on any atom is 0.250 e. The molecule has 0 saturated heterocycles. The lowest BCUT2D eigenvalue weighted by atomic mass is 10.2. The van der Waals surface area contributed by atoms with E-state index in [1.807, 2.05) is 6.07 Å². The smallest absolute Gasteiger partial charge is 0.250 e. The van der Waals surface area contributed by atoms with Crippen LogP contribution in [0.2, 0.25) is 4.34 Å². The molecule has 0 aliphatic rings. The minimum atomic E-state index is -3.55. The molecule has 0 radical (unpaired) electrons. The first-order valence-corrected chi connectivity index (χ1v) is 8.96. The third-order valence-corrected chi connectivity index (χ3v) is 6.00. The average molecular weight is 355 g/mol. The summed E-state index contributed by atoms with van der Waals surface area (Å²) in [5, 5.41) is 0. The van der Waals surface area contributed by atoms with Gasteiger partial charge >= 0.3 is 0 Å². The number of sulfonamides is 1. The van der Waals surface area contributed by atoms with E-state index in [0.717, 1.165) is 16.9 Å². The fourth-order valence-corrected chi connectivity index (χ4v) is 4.34. The highest BCUT2D eigenvalue weighted by molar-refractivity contribution is 7.91. The van der Waals surface area contributed by atoms with Crippen LogP contribution in [0.5, 0.6) is 0 Å². The zero-order chi connectivity index (χ0) is 15.6. The molecule has 0 fully saturated rings. The van der Waals surface area contributed by atoms with E-state index in [1.165, 1.54) is 6.07 Å². The van der Waals surface area contributed by atoms with Crippen LogP contribution in [0, 0.1) is 0 Å². The summed E-state index contributed by atoms with van der Waals surface area (Å²) in [5.74, 6) is 0.667. The number of thiophene rings is 1. The Morgan fingerprint density at radius 3 is 2.68 bits per heavy atom. The first-order valence-electron chi connectivity index (χ1n) is 6.28. The van der Waals surface area contributed by atoms with Crippen LogP contribution in [-0.4, -0.2) is 13.4 Å². The summed E-state index contributed by atoms with van der Waals surface area (Å²) in [4.78, 5) is 4.25. The predicted molar refractivity (Wildman–Crippen MR) is 85.3 cm³/mol. The van der Waals surface area contributed by atoms with Gasteiger partial charge in [-0.05, 0) is 35.9 Å². The summed E-state index contributed by atoms with van der Waals surface area (Å²) in [5.41, 5.74) is 1.45. The molecule has 0 atom stereocenters. The molecular formula is C14H11ClN2O3S2. The molecule has 0 bridgehead atoms. The Kier molecular flexibility index (Phi) is 4.30. The number of nitrogens with zero attached hydrogens (tertiary/aromatic N) is 1. The topological polar surface area (TPSA) is 72.2 Å². The Labute approximate surface area is 136 Å². The lowest BCUT2D eigenvalue weighted by molar-refractivity contribution is 0.579. The van der Waals surface area contributed by atoms with Gasteiger partial charge in [0.25, 0.3) is 0 Å². The van der Waals surface area contributed by atoms with E-state index in [4.69, 9.17) is 16.0 Å². The van der Waals surface area contributed by atoms with Crippen LogP contribution in [0.25, 0.3) is 11.5 Å². The highest BCUT2D eigenvalue weighted by Gasteiger charge is 2.16. The second-order valence-electron chi connectivity index (χ2n) is 4.41. The van der Waals surface area contributed by atoms with Gasteiger partial charge in [-0.2, -0.15) is 0 Å². The van der Waals surface area contributed by atoms with Crippen molar-refractivity contribution in [2.75, 3.05) is 0 Å². The summed E-state index contributed by atoms with van der Waals surface area (Å²) >= 11 is 6.77. The Bertz CT molecular complexity index is 856. The number of rotatable bonds is 5. The third-order valence-electron chi connectivity index (χ3n) is 2.88. The maximum atomic E-state index is 12.1. The Morgan fingerprint density at radius 2 is 2.09 bits per heavy atom. The molecule has 3 heterocycles. The van der Waals surface area contributed by atoms with Crippen LogP contribution >= 0.6 is 22.9 Å². The van der Waals surface area contributed by atoms with Crippen molar-refractivity contribution in [3.05, 3.63) is 58.8 Å². The molecule has 5 nitrogen and oxygen atoms in total. The molecule has 3 aromatic rings. The van der Waals surface area contributed by atoms with Crippen LogP contribution in [-0.2, 0) is 16.6 Å². The molecule has 0 unspecified atom stereocenters. The lowest BCUT2D eigenvalue weighted by Gasteiger charge is -2.05. The molecule has 0 aliphatic carbocycles. The molecule has 22 heavy (non-hydrogen) atoms. The van der Waals surface area contributed by atoms with Crippen molar-refractivity contribution in [3.8, 4) is 11.5 Å². The molecule has 8 heteroatoms. The van der Waals surface area contributed by atoms with E-state index in [0.29, 0.717) is 15.8 Å². The number of halogens is 1. The van der Waals surface area contributed by atoms with Crippen molar-refractivity contribution in [2.45, 2.75) is 10.8 Å². The van der Waals surface area contributed by atoms with E-state index < -0.39 is 10.0 Å². The second-order valence-corrected chi connectivity index (χ2v) is 8.12. The number of aromatic nitrogens is 1. The van der Waals surface area contributed by atoms with Gasteiger partial charge in [-0.1, -0.05) is 17.7 Å². The number of furan rings is 1. The SMILES string of the molecule is O=S(=O)(NCc1ccc(-c2ccco2)nc1)c1ccc(Cl)s1. The van der Waals surface area contributed by atoms with Crippen LogP contribution in [0.3, 0.4) is 0 Å². The van der Waals surface area contributed by atoms with Gasteiger partial charge in [-0.25, -0.2) is 13.1 Å². The molecule has 0 aromatic carbocycles. The average Bonchev–Trinajstić information content (AvgIpc) is 3.17. The van der Waals surface area contributed by atoms with Gasteiger partial charge in [0.05, 0.1) is 10.6 Å².